The van der Waals surface area contributed by atoms with Crippen molar-refractivity contribution in [3.8, 4) is 0 Å². The van der Waals surface area contributed by atoms with Crippen LogP contribution in [-0.4, -0.2) is 40.6 Å². The fourth-order valence-electron chi connectivity index (χ4n) is 5.37. The first-order valence-corrected chi connectivity index (χ1v) is 12.7. The average molecular weight is 464 g/mol. The van der Waals surface area contributed by atoms with Gasteiger partial charge < -0.3 is 10.2 Å². The highest BCUT2D eigenvalue weighted by Crippen LogP contribution is 2.43. The van der Waals surface area contributed by atoms with Gasteiger partial charge in [-0.05, 0) is 49.3 Å². The molecule has 33 heavy (non-hydrogen) atoms. The summed E-state index contributed by atoms with van der Waals surface area (Å²) in [4.78, 5) is 43.9. The molecule has 2 aromatic rings. The summed E-state index contributed by atoms with van der Waals surface area (Å²) < 4.78 is 0. The van der Waals surface area contributed by atoms with Gasteiger partial charge in [0.2, 0.25) is 5.91 Å². The number of hydrogen-bond donors (Lipinski definition) is 1. The minimum Gasteiger partial charge on any atom is -0.323 e. The van der Waals surface area contributed by atoms with Gasteiger partial charge in [-0.25, -0.2) is 4.79 Å². The predicted molar refractivity (Wildman–Crippen MR) is 129 cm³/mol. The van der Waals surface area contributed by atoms with Crippen LogP contribution in [0.1, 0.15) is 50.6 Å². The van der Waals surface area contributed by atoms with E-state index in [1.165, 1.54) is 0 Å². The third-order valence-corrected chi connectivity index (χ3v) is 8.50. The van der Waals surface area contributed by atoms with E-state index < -0.39 is 11.6 Å². The lowest BCUT2D eigenvalue weighted by Crippen LogP contribution is -2.50. The van der Waals surface area contributed by atoms with Crippen molar-refractivity contribution >= 4 is 35.3 Å². The molecule has 4 amide bonds. The molecule has 1 N–H and O–H groups in total. The number of para-hydroxylation sites is 1. The molecule has 0 aromatic heterocycles. The van der Waals surface area contributed by atoms with Gasteiger partial charge >= 0.3 is 6.03 Å². The number of carbonyl (C=O) groups is 3. The summed E-state index contributed by atoms with van der Waals surface area (Å²) in [6, 6.07) is 17.2. The first kappa shape index (κ1) is 22.0. The van der Waals surface area contributed by atoms with Crippen molar-refractivity contribution in [1.82, 2.24) is 10.2 Å². The molecule has 6 nitrogen and oxygen atoms in total. The van der Waals surface area contributed by atoms with Crippen LogP contribution in [0.2, 0.25) is 0 Å². The molecule has 2 fully saturated rings. The van der Waals surface area contributed by atoms with Gasteiger partial charge in [0.25, 0.3) is 5.91 Å². The van der Waals surface area contributed by atoms with Crippen LogP contribution < -0.4 is 10.2 Å². The number of urea groups is 1. The third kappa shape index (κ3) is 3.92. The zero-order valence-electron chi connectivity index (χ0n) is 18.8. The maximum Gasteiger partial charge on any atom is 0.325 e. The van der Waals surface area contributed by atoms with Crippen LogP contribution >= 0.6 is 11.8 Å². The fraction of sp³-hybridized carbons (Fsp3) is 0.423. The van der Waals surface area contributed by atoms with Crippen LogP contribution in [0.25, 0.3) is 0 Å². The normalized spacial score (nSPS) is 26.9. The van der Waals surface area contributed by atoms with Crippen molar-refractivity contribution in [3.63, 3.8) is 0 Å². The zero-order chi connectivity index (χ0) is 23.0. The second kappa shape index (κ2) is 8.86. The molecule has 1 saturated carbocycles. The number of carbonyl (C=O) groups excluding carboxylic acids is 3. The molecule has 0 radical (unpaired) electrons. The summed E-state index contributed by atoms with van der Waals surface area (Å²) in [5, 5.41) is 2.95. The number of anilines is 1. The van der Waals surface area contributed by atoms with E-state index in [4.69, 9.17) is 0 Å². The van der Waals surface area contributed by atoms with Gasteiger partial charge in [0.1, 0.15) is 12.1 Å². The van der Waals surface area contributed by atoms with E-state index in [0.29, 0.717) is 18.8 Å². The molecule has 0 unspecified atom stereocenters. The summed E-state index contributed by atoms with van der Waals surface area (Å²) in [6.07, 6.45) is 4.25. The van der Waals surface area contributed by atoms with E-state index in [9.17, 15) is 14.4 Å². The topological polar surface area (TPSA) is 69.7 Å². The van der Waals surface area contributed by atoms with E-state index in [1.54, 1.807) is 16.7 Å². The number of imide groups is 1. The summed E-state index contributed by atoms with van der Waals surface area (Å²) >= 11 is 1.72. The monoisotopic (exact) mass is 463 g/mol. The largest absolute Gasteiger partial charge is 0.325 e. The summed E-state index contributed by atoms with van der Waals surface area (Å²) in [5.74, 6) is 0.839. The number of benzene rings is 2. The number of fused-ring (bicyclic) bond motifs is 1. The number of hydrogen-bond acceptors (Lipinski definition) is 4. The van der Waals surface area contributed by atoms with E-state index >= 15 is 0 Å². The van der Waals surface area contributed by atoms with Crippen molar-refractivity contribution < 1.29 is 14.4 Å². The van der Waals surface area contributed by atoms with E-state index in [1.807, 2.05) is 54.6 Å². The smallest absolute Gasteiger partial charge is 0.323 e. The highest BCUT2D eigenvalue weighted by atomic mass is 32.2. The van der Waals surface area contributed by atoms with Crippen LogP contribution in [0.4, 0.5) is 10.5 Å². The molecule has 172 valence electrons. The average Bonchev–Trinajstić information content (AvgIpc) is 3.08. The molecule has 1 atom stereocenters. The lowest BCUT2D eigenvalue weighted by Gasteiger charge is -2.38. The fourth-order valence-corrected chi connectivity index (χ4v) is 6.53. The van der Waals surface area contributed by atoms with Gasteiger partial charge in [-0.15, -0.1) is 11.8 Å². The van der Waals surface area contributed by atoms with Crippen molar-refractivity contribution in [3.05, 3.63) is 60.2 Å². The quantitative estimate of drug-likeness (QED) is 0.664. The lowest BCUT2D eigenvalue weighted by molar-refractivity contribution is -0.135. The molecular formula is C26H29N3O3S. The van der Waals surface area contributed by atoms with Gasteiger partial charge in [0.15, 0.2) is 0 Å². The Balaban J connectivity index is 1.41. The molecule has 7 heteroatoms. The number of nitrogens with zero attached hydrogens (tertiary/aromatic N) is 2. The predicted octanol–water partition coefficient (Wildman–Crippen LogP) is 4.76. The minimum atomic E-state index is -0.836. The Labute approximate surface area is 198 Å². The molecule has 1 spiro atoms. The van der Waals surface area contributed by atoms with Crippen LogP contribution in [0, 0.1) is 5.92 Å². The molecular weight excluding hydrogens is 434 g/mol. The van der Waals surface area contributed by atoms with E-state index in [2.05, 4.69) is 12.2 Å². The Morgan fingerprint density at radius 2 is 1.76 bits per heavy atom. The summed E-state index contributed by atoms with van der Waals surface area (Å²) in [7, 11) is 0. The van der Waals surface area contributed by atoms with Gasteiger partial charge in [0.05, 0.1) is 11.7 Å². The number of thioether (sulfide) groups is 1. The Morgan fingerprint density at radius 1 is 1.06 bits per heavy atom. The number of amides is 4. The van der Waals surface area contributed by atoms with Gasteiger partial charge in [0, 0.05) is 10.6 Å². The van der Waals surface area contributed by atoms with Gasteiger partial charge in [-0.3, -0.25) is 14.5 Å². The Bertz CT molecular complexity index is 1070. The number of rotatable bonds is 4. The highest BCUT2D eigenvalue weighted by molar-refractivity contribution is 7.99. The maximum absolute atomic E-state index is 13.7. The summed E-state index contributed by atoms with van der Waals surface area (Å²) in [6.45, 7) is 1.92. The molecule has 1 aliphatic carbocycles. The second-order valence-corrected chi connectivity index (χ2v) is 10.3. The van der Waals surface area contributed by atoms with E-state index in [-0.39, 0.29) is 24.4 Å². The maximum atomic E-state index is 13.7. The Hall–Kier alpha value is -2.80. The van der Waals surface area contributed by atoms with Crippen molar-refractivity contribution in [2.24, 2.45) is 5.92 Å². The third-order valence-electron chi connectivity index (χ3n) is 7.36. The second-order valence-electron chi connectivity index (χ2n) is 9.22. The number of nitrogens with one attached hydrogen (secondary N) is 1. The molecule has 2 heterocycles. The van der Waals surface area contributed by atoms with Crippen LogP contribution in [-0.2, 0) is 9.59 Å². The molecule has 2 aromatic carbocycles. The van der Waals surface area contributed by atoms with Crippen LogP contribution in [0.3, 0.4) is 0 Å². The van der Waals surface area contributed by atoms with Gasteiger partial charge in [-0.1, -0.05) is 55.8 Å². The molecule has 0 bridgehead atoms. The van der Waals surface area contributed by atoms with Crippen LogP contribution in [0.5, 0.6) is 0 Å². The zero-order valence-corrected chi connectivity index (χ0v) is 19.6. The SMILES string of the molecule is CCC1CCC2(CC1)NC(=O)N(CC(=O)N1c3ccccc3SC[C@@H]1c1ccccc1)C2=O. The molecule has 3 aliphatic rings. The van der Waals surface area contributed by atoms with Crippen molar-refractivity contribution in [2.75, 3.05) is 17.2 Å². The minimum absolute atomic E-state index is 0.159. The summed E-state index contributed by atoms with van der Waals surface area (Å²) in [5.41, 5.74) is 1.04. The lowest BCUT2D eigenvalue weighted by atomic mass is 9.75. The first-order valence-electron chi connectivity index (χ1n) is 11.8. The van der Waals surface area contributed by atoms with Gasteiger partial charge in [-0.2, -0.15) is 0 Å². The van der Waals surface area contributed by atoms with Crippen LogP contribution in [0.15, 0.2) is 59.5 Å². The molecule has 5 rings (SSSR count). The Morgan fingerprint density at radius 3 is 2.48 bits per heavy atom. The highest BCUT2D eigenvalue weighted by Gasteiger charge is 2.53. The standard InChI is InChI=1S/C26H29N3O3S/c1-2-18-12-14-26(15-13-18)24(31)28(25(32)27-26)16-23(30)29-20-10-6-7-11-22(20)33-17-21(29)19-8-4-3-5-9-19/h3-11,18,21H,2,12-17H2,1H3,(H,27,32)/t18?,21-,26?/m1/s1. The van der Waals surface area contributed by atoms with Crippen molar-refractivity contribution in [2.45, 2.75) is 55.5 Å². The molecule has 2 aliphatic heterocycles. The van der Waals surface area contributed by atoms with E-state index in [0.717, 1.165) is 46.1 Å². The molecule has 1 saturated heterocycles. The van der Waals surface area contributed by atoms with Crippen molar-refractivity contribution in [1.29, 1.82) is 0 Å². The Kier molecular flexibility index (Phi) is 5.91. The first-order chi connectivity index (χ1) is 16.0.